The van der Waals surface area contributed by atoms with Crippen LogP contribution in [0.2, 0.25) is 0 Å². The van der Waals surface area contributed by atoms with E-state index < -0.39 is 0 Å². The van der Waals surface area contributed by atoms with Gasteiger partial charge < -0.3 is 9.13 Å². The van der Waals surface area contributed by atoms with Crippen molar-refractivity contribution in [1.82, 2.24) is 9.13 Å². The summed E-state index contributed by atoms with van der Waals surface area (Å²) < 4.78 is 5.01. The molecular formula is C49H40N2. The predicted molar refractivity (Wildman–Crippen MR) is 219 cm³/mol. The molecule has 0 spiro atoms. The van der Waals surface area contributed by atoms with Crippen LogP contribution in [-0.2, 0) is 12.8 Å². The van der Waals surface area contributed by atoms with Gasteiger partial charge in [-0.05, 0) is 84.7 Å². The van der Waals surface area contributed by atoms with E-state index in [1.165, 1.54) is 89.1 Å². The number of fused-ring (bicyclic) bond motifs is 6. The highest BCUT2D eigenvalue weighted by Crippen LogP contribution is 2.43. The Bertz CT molecular complexity index is 2610. The third-order valence-electron chi connectivity index (χ3n) is 10.7. The first-order chi connectivity index (χ1) is 25.2. The average molecular weight is 657 g/mol. The van der Waals surface area contributed by atoms with Gasteiger partial charge in [0, 0.05) is 44.5 Å². The zero-order valence-corrected chi connectivity index (χ0v) is 29.0. The van der Waals surface area contributed by atoms with E-state index in [-0.39, 0.29) is 0 Å². The van der Waals surface area contributed by atoms with Crippen molar-refractivity contribution in [3.05, 3.63) is 186 Å². The molecule has 246 valence electrons. The number of allylic oxidation sites excluding steroid dienone is 7. The molecule has 0 saturated carbocycles. The van der Waals surface area contributed by atoms with Crippen LogP contribution >= 0.6 is 0 Å². The second-order valence-electron chi connectivity index (χ2n) is 13.5. The molecule has 2 aromatic heterocycles. The monoisotopic (exact) mass is 656 g/mol. The van der Waals surface area contributed by atoms with Crippen molar-refractivity contribution in [2.45, 2.75) is 32.6 Å². The van der Waals surface area contributed by atoms with Crippen molar-refractivity contribution in [2.24, 2.45) is 0 Å². The normalized spacial score (nSPS) is 14.2. The Kier molecular flexibility index (Phi) is 7.86. The Labute approximate surface area is 300 Å². The van der Waals surface area contributed by atoms with Crippen LogP contribution in [0.5, 0.6) is 0 Å². The largest absolute Gasteiger partial charge is 0.313 e. The van der Waals surface area contributed by atoms with Crippen LogP contribution in [0.4, 0.5) is 0 Å². The summed E-state index contributed by atoms with van der Waals surface area (Å²) in [4.78, 5) is 0. The molecule has 51 heavy (non-hydrogen) atoms. The Morgan fingerprint density at radius 2 is 1.14 bits per heavy atom. The quantitative estimate of drug-likeness (QED) is 0.151. The zero-order valence-electron chi connectivity index (χ0n) is 29.0. The first-order valence-corrected chi connectivity index (χ1v) is 18.1. The second-order valence-corrected chi connectivity index (χ2v) is 13.5. The lowest BCUT2D eigenvalue weighted by Gasteiger charge is -2.21. The third kappa shape index (κ3) is 5.10. The van der Waals surface area contributed by atoms with Gasteiger partial charge in [-0.15, -0.1) is 0 Å². The first-order valence-electron chi connectivity index (χ1n) is 18.1. The van der Waals surface area contributed by atoms with Gasteiger partial charge in [0.15, 0.2) is 0 Å². The topological polar surface area (TPSA) is 9.86 Å². The first kappa shape index (κ1) is 30.9. The minimum absolute atomic E-state index is 1.01. The number of hydrogen-bond acceptors (Lipinski definition) is 0. The summed E-state index contributed by atoms with van der Waals surface area (Å²) in [5, 5.41) is 2.61. The molecule has 0 N–H and O–H groups in total. The van der Waals surface area contributed by atoms with Gasteiger partial charge in [0.1, 0.15) is 0 Å². The van der Waals surface area contributed by atoms with E-state index in [0.29, 0.717) is 0 Å². The molecule has 5 aromatic carbocycles. The van der Waals surface area contributed by atoms with E-state index in [2.05, 4.69) is 180 Å². The van der Waals surface area contributed by atoms with Gasteiger partial charge in [-0.2, -0.15) is 0 Å². The molecule has 0 unspecified atom stereocenters. The summed E-state index contributed by atoms with van der Waals surface area (Å²) in [5.74, 6) is 0. The molecule has 0 saturated heterocycles. The minimum Gasteiger partial charge on any atom is -0.313 e. The van der Waals surface area contributed by atoms with Crippen molar-refractivity contribution in [1.29, 1.82) is 0 Å². The Morgan fingerprint density at radius 3 is 1.88 bits per heavy atom. The van der Waals surface area contributed by atoms with Gasteiger partial charge in [0.05, 0.1) is 16.7 Å². The number of aromatic nitrogens is 2. The lowest BCUT2D eigenvalue weighted by molar-refractivity contribution is 0.889. The Balaban J connectivity index is 1.27. The van der Waals surface area contributed by atoms with Crippen LogP contribution in [0.1, 0.15) is 47.8 Å². The van der Waals surface area contributed by atoms with E-state index in [9.17, 15) is 0 Å². The fourth-order valence-electron chi connectivity index (χ4n) is 8.45. The molecule has 0 aliphatic heterocycles. The van der Waals surface area contributed by atoms with Crippen LogP contribution in [-0.4, -0.2) is 9.13 Å². The van der Waals surface area contributed by atoms with Crippen LogP contribution < -0.4 is 0 Å². The summed E-state index contributed by atoms with van der Waals surface area (Å²) in [7, 11) is 0. The highest BCUT2D eigenvalue weighted by molar-refractivity contribution is 6.02. The van der Waals surface area contributed by atoms with Crippen LogP contribution in [0.25, 0.3) is 73.2 Å². The van der Waals surface area contributed by atoms with Crippen LogP contribution in [0, 0.1) is 0 Å². The smallest absolute Gasteiger partial charge is 0.0537 e. The maximum Gasteiger partial charge on any atom is 0.0537 e. The summed E-state index contributed by atoms with van der Waals surface area (Å²) in [6.07, 6.45) is 19.6. The summed E-state index contributed by atoms with van der Waals surface area (Å²) >= 11 is 0. The molecule has 2 heteroatoms. The number of para-hydroxylation sites is 3. The summed E-state index contributed by atoms with van der Waals surface area (Å²) in [6, 6.07) is 44.5. The zero-order chi connectivity index (χ0) is 34.3. The standard InChI is InChI=1S/C49H40N2/c1-3-4-28-44(50-46-30-15-10-24-40(46)41-25-11-16-31-47(41)50)34(2)35-19-5-6-20-36(35)37-21-7-8-22-38(37)39-23-9-14-29-45(39)51-48-32-17-12-26-42(48)43-27-13-18-33-49(43)51/h3-15,17,19-30,32H,1,16,18,31,33H2,2H3/b28-4-,44-34-. The third-order valence-corrected chi connectivity index (χ3v) is 10.7. The Morgan fingerprint density at radius 1 is 0.588 bits per heavy atom. The number of nitrogens with zero attached hydrogens (tertiary/aromatic N) is 2. The van der Waals surface area contributed by atoms with E-state index >= 15 is 0 Å². The van der Waals surface area contributed by atoms with Crippen molar-refractivity contribution in [2.75, 3.05) is 0 Å². The lowest BCUT2D eigenvalue weighted by Crippen LogP contribution is -2.06. The maximum atomic E-state index is 4.05. The number of rotatable bonds is 7. The van der Waals surface area contributed by atoms with Gasteiger partial charge in [-0.3, -0.25) is 0 Å². The Hall–Kier alpha value is -6.12. The molecule has 0 bridgehead atoms. The summed E-state index contributed by atoms with van der Waals surface area (Å²) in [6.45, 7) is 6.33. The van der Waals surface area contributed by atoms with E-state index in [1.807, 2.05) is 6.08 Å². The molecule has 2 aliphatic rings. The molecule has 0 fully saturated rings. The minimum atomic E-state index is 1.01. The molecule has 0 amide bonds. The molecule has 2 aliphatic carbocycles. The molecule has 0 radical (unpaired) electrons. The van der Waals surface area contributed by atoms with Crippen molar-refractivity contribution < 1.29 is 0 Å². The highest BCUT2D eigenvalue weighted by Gasteiger charge is 2.23. The van der Waals surface area contributed by atoms with Gasteiger partial charge >= 0.3 is 0 Å². The van der Waals surface area contributed by atoms with E-state index in [0.717, 1.165) is 25.7 Å². The molecule has 2 nitrogen and oxygen atoms in total. The maximum absolute atomic E-state index is 4.05. The fourth-order valence-corrected chi connectivity index (χ4v) is 8.45. The van der Waals surface area contributed by atoms with Crippen molar-refractivity contribution >= 4 is 45.2 Å². The molecular weight excluding hydrogens is 617 g/mol. The van der Waals surface area contributed by atoms with Crippen molar-refractivity contribution in [3.8, 4) is 27.9 Å². The van der Waals surface area contributed by atoms with Crippen LogP contribution in [0.15, 0.2) is 158 Å². The van der Waals surface area contributed by atoms with Gasteiger partial charge in [-0.1, -0.05) is 146 Å². The van der Waals surface area contributed by atoms with Gasteiger partial charge in [0.2, 0.25) is 0 Å². The number of hydrogen-bond donors (Lipinski definition) is 0. The molecule has 2 heterocycles. The average Bonchev–Trinajstić information content (AvgIpc) is 3.71. The van der Waals surface area contributed by atoms with Gasteiger partial charge in [-0.25, -0.2) is 0 Å². The molecule has 7 aromatic rings. The highest BCUT2D eigenvalue weighted by atomic mass is 15.0. The number of benzene rings is 5. The van der Waals surface area contributed by atoms with E-state index in [4.69, 9.17) is 0 Å². The second kappa shape index (κ2) is 13.0. The molecule has 0 atom stereocenters. The summed E-state index contributed by atoms with van der Waals surface area (Å²) in [5.41, 5.74) is 17.7. The fraction of sp³-hybridized carbons (Fsp3) is 0.102. The van der Waals surface area contributed by atoms with Crippen LogP contribution in [0.3, 0.4) is 0 Å². The SMILES string of the molecule is C=C/C=C\C(=C(/C)c1ccccc1-c1ccccc1-c1ccccc1-n1c2c(c3ccccc31)C=CCC2)n1c2c(c3ccccc31)C=CCC2. The van der Waals surface area contributed by atoms with Crippen molar-refractivity contribution in [3.63, 3.8) is 0 Å². The lowest BCUT2D eigenvalue weighted by atomic mass is 9.88. The predicted octanol–water partition coefficient (Wildman–Crippen LogP) is 13.0. The molecule has 9 rings (SSSR count). The van der Waals surface area contributed by atoms with Gasteiger partial charge in [0.25, 0.3) is 0 Å². The van der Waals surface area contributed by atoms with E-state index in [1.54, 1.807) is 0 Å².